The SMILES string of the molecule is CC(=O)Nc1ccc(NC(=O)[C@@H](C)Oc2ccc3c(c2)CCCC3)cc1. The Hall–Kier alpha value is -2.82. The molecule has 2 aromatic rings. The Morgan fingerprint density at radius 2 is 1.54 bits per heavy atom. The predicted molar refractivity (Wildman–Crippen MR) is 103 cm³/mol. The van der Waals surface area contributed by atoms with Gasteiger partial charge in [-0.05, 0) is 80.1 Å². The van der Waals surface area contributed by atoms with Crippen LogP contribution in [0.15, 0.2) is 42.5 Å². The first-order chi connectivity index (χ1) is 12.5. The highest BCUT2D eigenvalue weighted by Gasteiger charge is 2.16. The van der Waals surface area contributed by atoms with E-state index >= 15 is 0 Å². The molecule has 2 aromatic carbocycles. The lowest BCUT2D eigenvalue weighted by molar-refractivity contribution is -0.122. The molecule has 26 heavy (non-hydrogen) atoms. The molecule has 1 atom stereocenters. The van der Waals surface area contributed by atoms with Crippen LogP contribution in [0.1, 0.15) is 37.8 Å². The number of amides is 2. The molecule has 0 unspecified atom stereocenters. The normalized spacial score (nSPS) is 14.1. The number of benzene rings is 2. The van der Waals surface area contributed by atoms with E-state index in [1.165, 1.54) is 30.9 Å². The molecule has 0 radical (unpaired) electrons. The second-order valence-electron chi connectivity index (χ2n) is 6.65. The van der Waals surface area contributed by atoms with Crippen molar-refractivity contribution in [3.8, 4) is 5.75 Å². The minimum Gasteiger partial charge on any atom is -0.481 e. The number of carbonyl (C=O) groups excluding carboxylic acids is 2. The highest BCUT2D eigenvalue weighted by molar-refractivity contribution is 5.94. The van der Waals surface area contributed by atoms with Gasteiger partial charge in [0.25, 0.3) is 5.91 Å². The van der Waals surface area contributed by atoms with E-state index in [9.17, 15) is 9.59 Å². The fourth-order valence-corrected chi connectivity index (χ4v) is 3.12. The number of aryl methyl sites for hydroxylation is 2. The van der Waals surface area contributed by atoms with Crippen LogP contribution in [-0.4, -0.2) is 17.9 Å². The summed E-state index contributed by atoms with van der Waals surface area (Å²) in [5.74, 6) is 0.387. The van der Waals surface area contributed by atoms with Crippen molar-refractivity contribution in [1.29, 1.82) is 0 Å². The molecule has 0 bridgehead atoms. The Balaban J connectivity index is 1.58. The summed E-state index contributed by atoms with van der Waals surface area (Å²) < 4.78 is 5.82. The summed E-state index contributed by atoms with van der Waals surface area (Å²) in [5, 5.41) is 5.52. The van der Waals surface area contributed by atoms with E-state index in [2.05, 4.69) is 22.8 Å². The third kappa shape index (κ3) is 4.63. The number of hydrogen-bond donors (Lipinski definition) is 2. The summed E-state index contributed by atoms with van der Waals surface area (Å²) in [6.07, 6.45) is 4.05. The molecule has 1 aliphatic carbocycles. The van der Waals surface area contributed by atoms with E-state index in [1.54, 1.807) is 31.2 Å². The van der Waals surface area contributed by atoms with Gasteiger partial charge in [0.1, 0.15) is 5.75 Å². The second kappa shape index (κ2) is 8.04. The third-order valence-corrected chi connectivity index (χ3v) is 4.47. The van der Waals surface area contributed by atoms with E-state index in [-0.39, 0.29) is 11.8 Å². The van der Waals surface area contributed by atoms with Gasteiger partial charge in [0.2, 0.25) is 5.91 Å². The first-order valence-corrected chi connectivity index (χ1v) is 8.98. The average molecular weight is 352 g/mol. The maximum atomic E-state index is 12.4. The lowest BCUT2D eigenvalue weighted by Crippen LogP contribution is -2.30. The Labute approximate surface area is 153 Å². The van der Waals surface area contributed by atoms with Gasteiger partial charge in [-0.2, -0.15) is 0 Å². The number of carbonyl (C=O) groups is 2. The van der Waals surface area contributed by atoms with Crippen LogP contribution in [0.25, 0.3) is 0 Å². The average Bonchev–Trinajstić information content (AvgIpc) is 2.62. The van der Waals surface area contributed by atoms with Gasteiger partial charge in [-0.1, -0.05) is 6.07 Å². The fraction of sp³-hybridized carbons (Fsp3) is 0.333. The molecule has 2 N–H and O–H groups in total. The number of ether oxygens (including phenoxy) is 1. The fourth-order valence-electron chi connectivity index (χ4n) is 3.12. The van der Waals surface area contributed by atoms with Crippen LogP contribution < -0.4 is 15.4 Å². The Morgan fingerprint density at radius 1 is 0.923 bits per heavy atom. The lowest BCUT2D eigenvalue weighted by atomic mass is 9.92. The predicted octanol–water partition coefficient (Wildman–Crippen LogP) is 3.93. The highest BCUT2D eigenvalue weighted by atomic mass is 16.5. The van der Waals surface area contributed by atoms with E-state index in [4.69, 9.17) is 4.74 Å². The zero-order valence-electron chi connectivity index (χ0n) is 15.2. The van der Waals surface area contributed by atoms with Gasteiger partial charge in [-0.3, -0.25) is 9.59 Å². The summed E-state index contributed by atoms with van der Waals surface area (Å²) in [7, 11) is 0. The van der Waals surface area contributed by atoms with Crippen molar-refractivity contribution in [3.63, 3.8) is 0 Å². The number of anilines is 2. The van der Waals surface area contributed by atoms with Crippen LogP contribution in [0.2, 0.25) is 0 Å². The van der Waals surface area contributed by atoms with E-state index in [0.29, 0.717) is 11.4 Å². The van der Waals surface area contributed by atoms with Gasteiger partial charge in [0.15, 0.2) is 6.10 Å². The van der Waals surface area contributed by atoms with Crippen LogP contribution in [0, 0.1) is 0 Å². The van der Waals surface area contributed by atoms with Crippen molar-refractivity contribution in [2.45, 2.75) is 45.6 Å². The van der Waals surface area contributed by atoms with Crippen LogP contribution >= 0.6 is 0 Å². The molecular weight excluding hydrogens is 328 g/mol. The van der Waals surface area contributed by atoms with Gasteiger partial charge in [-0.25, -0.2) is 0 Å². The van der Waals surface area contributed by atoms with E-state index in [1.807, 2.05) is 6.07 Å². The van der Waals surface area contributed by atoms with E-state index in [0.717, 1.165) is 18.6 Å². The quantitative estimate of drug-likeness (QED) is 0.857. The molecule has 0 aliphatic heterocycles. The summed E-state index contributed by atoms with van der Waals surface area (Å²) in [6, 6.07) is 13.1. The van der Waals surface area contributed by atoms with Crippen molar-refractivity contribution >= 4 is 23.2 Å². The van der Waals surface area contributed by atoms with Crippen LogP contribution in [0.5, 0.6) is 5.75 Å². The molecule has 136 valence electrons. The lowest BCUT2D eigenvalue weighted by Gasteiger charge is -2.19. The molecule has 0 saturated carbocycles. The zero-order valence-corrected chi connectivity index (χ0v) is 15.2. The summed E-state index contributed by atoms with van der Waals surface area (Å²) in [4.78, 5) is 23.4. The maximum Gasteiger partial charge on any atom is 0.265 e. The van der Waals surface area contributed by atoms with Crippen molar-refractivity contribution < 1.29 is 14.3 Å². The molecule has 0 fully saturated rings. The number of nitrogens with one attached hydrogen (secondary N) is 2. The monoisotopic (exact) mass is 352 g/mol. The molecule has 0 heterocycles. The number of rotatable bonds is 5. The van der Waals surface area contributed by atoms with Crippen molar-refractivity contribution in [2.75, 3.05) is 10.6 Å². The zero-order chi connectivity index (χ0) is 18.5. The highest BCUT2D eigenvalue weighted by Crippen LogP contribution is 2.26. The number of fused-ring (bicyclic) bond motifs is 1. The molecule has 5 nitrogen and oxygen atoms in total. The molecule has 5 heteroatoms. The summed E-state index contributed by atoms with van der Waals surface area (Å²) >= 11 is 0. The Kier molecular flexibility index (Phi) is 5.56. The van der Waals surface area contributed by atoms with Crippen molar-refractivity contribution in [2.24, 2.45) is 0 Å². The Bertz CT molecular complexity index is 799. The summed E-state index contributed by atoms with van der Waals surface area (Å²) in [5.41, 5.74) is 4.06. The maximum absolute atomic E-state index is 12.4. The van der Waals surface area contributed by atoms with Crippen LogP contribution in [0.3, 0.4) is 0 Å². The standard InChI is InChI=1S/C21H24N2O3/c1-14(26-20-12-7-16-5-3-4-6-17(16)13-20)21(25)23-19-10-8-18(9-11-19)22-15(2)24/h7-14H,3-6H2,1-2H3,(H,22,24)(H,23,25)/t14-/m1/s1. The largest absolute Gasteiger partial charge is 0.481 e. The third-order valence-electron chi connectivity index (χ3n) is 4.47. The Morgan fingerprint density at radius 3 is 2.19 bits per heavy atom. The van der Waals surface area contributed by atoms with Crippen molar-refractivity contribution in [3.05, 3.63) is 53.6 Å². The smallest absolute Gasteiger partial charge is 0.265 e. The van der Waals surface area contributed by atoms with Gasteiger partial charge in [0, 0.05) is 18.3 Å². The summed E-state index contributed by atoms with van der Waals surface area (Å²) in [6.45, 7) is 3.19. The first-order valence-electron chi connectivity index (χ1n) is 8.98. The molecule has 0 spiro atoms. The minimum atomic E-state index is -0.605. The molecule has 1 aliphatic rings. The molecule has 2 amide bonds. The van der Waals surface area contributed by atoms with Crippen LogP contribution in [0.4, 0.5) is 11.4 Å². The number of hydrogen-bond acceptors (Lipinski definition) is 3. The topological polar surface area (TPSA) is 67.4 Å². The van der Waals surface area contributed by atoms with Crippen molar-refractivity contribution in [1.82, 2.24) is 0 Å². The molecular formula is C21H24N2O3. The van der Waals surface area contributed by atoms with Gasteiger partial charge >= 0.3 is 0 Å². The van der Waals surface area contributed by atoms with E-state index < -0.39 is 6.10 Å². The second-order valence-corrected chi connectivity index (χ2v) is 6.65. The minimum absolute atomic E-state index is 0.131. The molecule has 0 saturated heterocycles. The van der Waals surface area contributed by atoms with Gasteiger partial charge < -0.3 is 15.4 Å². The molecule has 3 rings (SSSR count). The van der Waals surface area contributed by atoms with Gasteiger partial charge in [0.05, 0.1) is 0 Å². The first kappa shape index (κ1) is 18.0. The van der Waals surface area contributed by atoms with Crippen LogP contribution in [-0.2, 0) is 22.4 Å². The molecule has 0 aromatic heterocycles. The van der Waals surface area contributed by atoms with Gasteiger partial charge in [-0.15, -0.1) is 0 Å².